The molecule has 4 heteroatoms. The zero-order valence-corrected chi connectivity index (χ0v) is 13.1. The minimum atomic E-state index is -0.647. The summed E-state index contributed by atoms with van der Waals surface area (Å²) in [6.45, 7) is 8.71. The molecule has 21 heavy (non-hydrogen) atoms. The molecular formula is C17H22N2O2. The van der Waals surface area contributed by atoms with Crippen LogP contribution < -0.4 is 0 Å². The largest absolute Gasteiger partial charge is 0.272 e. The average molecular weight is 286 g/mol. The second-order valence-electron chi connectivity index (χ2n) is 6.38. The van der Waals surface area contributed by atoms with Crippen LogP contribution in [0.3, 0.4) is 0 Å². The van der Waals surface area contributed by atoms with E-state index in [1.54, 1.807) is 10.0 Å². The van der Waals surface area contributed by atoms with Gasteiger partial charge in [-0.2, -0.15) is 0 Å². The number of carbonyl (C=O) groups excluding carboxylic acids is 2. The molecule has 4 nitrogen and oxygen atoms in total. The van der Waals surface area contributed by atoms with Crippen molar-refractivity contribution in [3.63, 3.8) is 0 Å². The molecule has 2 amide bonds. The second-order valence-corrected chi connectivity index (χ2v) is 6.38. The van der Waals surface area contributed by atoms with Crippen molar-refractivity contribution in [2.75, 3.05) is 6.54 Å². The van der Waals surface area contributed by atoms with Gasteiger partial charge in [0.15, 0.2) is 0 Å². The molecule has 2 heterocycles. The van der Waals surface area contributed by atoms with Crippen LogP contribution in [0.4, 0.5) is 0 Å². The molecule has 112 valence electrons. The molecule has 1 aromatic rings. The highest BCUT2D eigenvalue weighted by Gasteiger charge is 2.50. The molecule has 2 fully saturated rings. The molecule has 2 unspecified atom stereocenters. The van der Waals surface area contributed by atoms with Crippen LogP contribution in [0.1, 0.15) is 47.9 Å². The van der Waals surface area contributed by atoms with E-state index < -0.39 is 5.92 Å². The zero-order chi connectivity index (χ0) is 15.3. The van der Waals surface area contributed by atoms with Crippen LogP contribution in [0.2, 0.25) is 0 Å². The van der Waals surface area contributed by atoms with Gasteiger partial charge in [0.1, 0.15) is 5.92 Å². The summed E-state index contributed by atoms with van der Waals surface area (Å²) >= 11 is 0. The number of hydrogen-bond donors (Lipinski definition) is 0. The number of hydrogen-bond acceptors (Lipinski definition) is 2. The van der Waals surface area contributed by atoms with E-state index in [-0.39, 0.29) is 17.9 Å². The molecule has 0 bridgehead atoms. The van der Waals surface area contributed by atoms with E-state index in [0.29, 0.717) is 6.54 Å². The van der Waals surface area contributed by atoms with Crippen LogP contribution in [0, 0.1) is 20.8 Å². The molecule has 0 spiro atoms. The first-order valence-electron chi connectivity index (χ1n) is 7.64. The summed E-state index contributed by atoms with van der Waals surface area (Å²) in [5, 5.41) is 3.36. The van der Waals surface area contributed by atoms with Gasteiger partial charge in [0.2, 0.25) is 0 Å². The summed E-state index contributed by atoms with van der Waals surface area (Å²) in [5.41, 5.74) is 4.14. The molecule has 2 aliphatic heterocycles. The van der Waals surface area contributed by atoms with Gasteiger partial charge >= 0.3 is 0 Å². The van der Waals surface area contributed by atoms with E-state index >= 15 is 0 Å². The van der Waals surface area contributed by atoms with E-state index in [0.717, 1.165) is 35.1 Å². The van der Waals surface area contributed by atoms with Gasteiger partial charge in [0.25, 0.3) is 11.8 Å². The van der Waals surface area contributed by atoms with E-state index in [2.05, 4.69) is 12.1 Å². The average Bonchev–Trinajstić information content (AvgIpc) is 2.64. The summed E-state index contributed by atoms with van der Waals surface area (Å²) in [4.78, 5) is 25.6. The molecule has 0 aromatic heterocycles. The van der Waals surface area contributed by atoms with Crippen LogP contribution in [0.15, 0.2) is 12.1 Å². The lowest BCUT2D eigenvalue weighted by Gasteiger charge is -2.37. The predicted octanol–water partition coefficient (Wildman–Crippen LogP) is 2.46. The standard InChI is InChI=1S/C17H22N2O2/c1-10-8-11(2)14(12(3)9-10)15-16(20)18-7-5-6-13(4)19(18)17(15)21/h8-9,13,15H,5-7H2,1-4H3. The van der Waals surface area contributed by atoms with Crippen LogP contribution in [0.5, 0.6) is 0 Å². The normalized spacial score (nSPS) is 25.5. The monoisotopic (exact) mass is 286 g/mol. The summed E-state index contributed by atoms with van der Waals surface area (Å²) < 4.78 is 0. The van der Waals surface area contributed by atoms with Gasteiger partial charge in [-0.25, -0.2) is 5.01 Å². The first kappa shape index (κ1) is 14.1. The molecule has 1 aromatic carbocycles. The summed E-state index contributed by atoms with van der Waals surface area (Å²) in [6.07, 6.45) is 1.93. The Hall–Kier alpha value is -1.84. The Morgan fingerprint density at radius 1 is 1.05 bits per heavy atom. The van der Waals surface area contributed by atoms with Crippen molar-refractivity contribution in [1.29, 1.82) is 0 Å². The first-order chi connectivity index (χ1) is 9.91. The van der Waals surface area contributed by atoms with Gasteiger partial charge in [0.05, 0.1) is 6.04 Å². The Morgan fingerprint density at radius 3 is 2.24 bits per heavy atom. The van der Waals surface area contributed by atoms with E-state index in [4.69, 9.17) is 0 Å². The molecular weight excluding hydrogens is 264 g/mol. The Bertz CT molecular complexity index is 600. The third kappa shape index (κ3) is 2.04. The van der Waals surface area contributed by atoms with Gasteiger partial charge in [-0.05, 0) is 57.2 Å². The minimum Gasteiger partial charge on any atom is -0.272 e. The Morgan fingerprint density at radius 2 is 1.67 bits per heavy atom. The Balaban J connectivity index is 2.08. The van der Waals surface area contributed by atoms with E-state index in [1.165, 1.54) is 0 Å². The fourth-order valence-electron chi connectivity index (χ4n) is 3.84. The Kier molecular flexibility index (Phi) is 3.27. The predicted molar refractivity (Wildman–Crippen MR) is 80.6 cm³/mol. The highest BCUT2D eigenvalue weighted by Crippen LogP contribution is 2.37. The highest BCUT2D eigenvalue weighted by molar-refractivity contribution is 6.10. The Labute approximate surface area is 125 Å². The van der Waals surface area contributed by atoms with Crippen molar-refractivity contribution in [3.8, 4) is 0 Å². The van der Waals surface area contributed by atoms with Crippen LogP contribution in [-0.4, -0.2) is 34.4 Å². The smallest absolute Gasteiger partial charge is 0.258 e. The fraction of sp³-hybridized carbons (Fsp3) is 0.529. The maximum absolute atomic E-state index is 12.8. The van der Waals surface area contributed by atoms with Gasteiger partial charge in [-0.3, -0.25) is 14.6 Å². The maximum Gasteiger partial charge on any atom is 0.258 e. The lowest BCUT2D eigenvalue weighted by molar-refractivity contribution is -0.155. The number of aryl methyl sites for hydroxylation is 3. The van der Waals surface area contributed by atoms with Crippen LogP contribution in [-0.2, 0) is 9.59 Å². The zero-order valence-electron chi connectivity index (χ0n) is 13.1. The maximum atomic E-state index is 12.8. The minimum absolute atomic E-state index is 0.0535. The topological polar surface area (TPSA) is 40.6 Å². The molecule has 0 saturated carbocycles. The molecule has 2 atom stereocenters. The van der Waals surface area contributed by atoms with Gasteiger partial charge in [-0.1, -0.05) is 17.7 Å². The highest BCUT2D eigenvalue weighted by atomic mass is 16.2. The van der Waals surface area contributed by atoms with Gasteiger partial charge < -0.3 is 0 Å². The second kappa shape index (κ2) is 4.86. The number of amides is 2. The summed E-state index contributed by atoms with van der Waals surface area (Å²) in [7, 11) is 0. The van der Waals surface area contributed by atoms with Gasteiger partial charge in [-0.15, -0.1) is 0 Å². The van der Waals surface area contributed by atoms with Crippen molar-refractivity contribution in [2.45, 2.75) is 52.5 Å². The number of fused-ring (bicyclic) bond motifs is 1. The van der Waals surface area contributed by atoms with Crippen molar-refractivity contribution in [2.24, 2.45) is 0 Å². The first-order valence-corrected chi connectivity index (χ1v) is 7.64. The molecule has 2 aliphatic rings. The van der Waals surface area contributed by atoms with Crippen LogP contribution >= 0.6 is 0 Å². The molecule has 0 radical (unpaired) electrons. The number of hydrazine groups is 1. The molecule has 2 saturated heterocycles. The van der Waals surface area contributed by atoms with E-state index in [1.807, 2.05) is 27.7 Å². The number of benzene rings is 1. The van der Waals surface area contributed by atoms with Crippen molar-refractivity contribution in [1.82, 2.24) is 10.0 Å². The van der Waals surface area contributed by atoms with Crippen molar-refractivity contribution < 1.29 is 9.59 Å². The lowest BCUT2D eigenvalue weighted by atomic mass is 9.88. The van der Waals surface area contributed by atoms with Crippen LogP contribution in [0.25, 0.3) is 0 Å². The molecule has 0 N–H and O–H groups in total. The molecule has 0 aliphatic carbocycles. The number of carbonyl (C=O) groups is 2. The molecule has 3 rings (SSSR count). The summed E-state index contributed by atoms with van der Waals surface area (Å²) in [5.74, 6) is -0.755. The third-order valence-corrected chi connectivity index (χ3v) is 4.67. The van der Waals surface area contributed by atoms with Crippen molar-refractivity contribution >= 4 is 11.8 Å². The lowest BCUT2D eigenvalue weighted by Crippen LogP contribution is -2.50. The fourth-order valence-corrected chi connectivity index (χ4v) is 3.84. The SMILES string of the molecule is Cc1cc(C)c(C2C(=O)N3CCCC(C)N3C2=O)c(C)c1. The number of rotatable bonds is 1. The van der Waals surface area contributed by atoms with E-state index in [9.17, 15) is 9.59 Å². The third-order valence-electron chi connectivity index (χ3n) is 4.67. The quantitative estimate of drug-likeness (QED) is 0.744. The summed E-state index contributed by atoms with van der Waals surface area (Å²) in [6, 6.07) is 4.23. The number of nitrogens with zero attached hydrogens (tertiary/aromatic N) is 2. The van der Waals surface area contributed by atoms with Gasteiger partial charge in [0, 0.05) is 6.54 Å². The van der Waals surface area contributed by atoms with Crippen molar-refractivity contribution in [3.05, 3.63) is 34.4 Å².